The SMILES string of the molecule is CCn1nc(C(C)C)cc1C(=O)NCCc1nc(-c2ccccc2)cs1. The number of hydrogen-bond donors (Lipinski definition) is 1. The third-order valence-corrected chi connectivity index (χ3v) is 5.08. The van der Waals surface area contributed by atoms with E-state index in [1.54, 1.807) is 16.0 Å². The van der Waals surface area contributed by atoms with E-state index >= 15 is 0 Å². The average Bonchev–Trinajstić information content (AvgIpc) is 3.29. The lowest BCUT2D eigenvalue weighted by atomic mass is 10.1. The standard InChI is InChI=1S/C20H24N4OS/c1-4-24-18(12-16(23-24)14(2)3)20(25)21-11-10-19-22-17(13-26-19)15-8-6-5-7-9-15/h5-9,12-14H,4,10-11H2,1-3H3,(H,21,25). The molecule has 3 aromatic rings. The number of carbonyl (C=O) groups excluding carboxylic acids is 1. The Morgan fingerprint density at radius 2 is 2.04 bits per heavy atom. The van der Waals surface area contributed by atoms with Crippen molar-refractivity contribution in [3.8, 4) is 11.3 Å². The van der Waals surface area contributed by atoms with Crippen molar-refractivity contribution >= 4 is 17.2 Å². The molecule has 136 valence electrons. The highest BCUT2D eigenvalue weighted by molar-refractivity contribution is 7.09. The Morgan fingerprint density at radius 3 is 2.73 bits per heavy atom. The van der Waals surface area contributed by atoms with Crippen LogP contribution in [0.3, 0.4) is 0 Å². The summed E-state index contributed by atoms with van der Waals surface area (Å²) in [5.41, 5.74) is 3.68. The second-order valence-electron chi connectivity index (χ2n) is 6.42. The fraction of sp³-hybridized carbons (Fsp3) is 0.350. The molecule has 0 aliphatic carbocycles. The summed E-state index contributed by atoms with van der Waals surface area (Å²) in [5.74, 6) is 0.229. The molecule has 0 bridgehead atoms. The fourth-order valence-corrected chi connectivity index (χ4v) is 3.49. The van der Waals surface area contributed by atoms with E-state index in [4.69, 9.17) is 0 Å². The molecule has 0 radical (unpaired) electrons. The lowest BCUT2D eigenvalue weighted by molar-refractivity contribution is 0.0943. The molecule has 2 aromatic heterocycles. The van der Waals surface area contributed by atoms with Crippen LogP contribution in [0.15, 0.2) is 41.8 Å². The maximum atomic E-state index is 12.5. The first-order chi connectivity index (χ1) is 12.6. The van der Waals surface area contributed by atoms with E-state index in [9.17, 15) is 4.79 Å². The molecule has 0 fully saturated rings. The quantitative estimate of drug-likeness (QED) is 0.682. The lowest BCUT2D eigenvalue weighted by Crippen LogP contribution is -2.28. The molecule has 0 spiro atoms. The van der Waals surface area contributed by atoms with E-state index < -0.39 is 0 Å². The number of carbonyl (C=O) groups is 1. The molecule has 0 unspecified atom stereocenters. The van der Waals surface area contributed by atoms with Crippen LogP contribution in [0.25, 0.3) is 11.3 Å². The number of hydrogen-bond acceptors (Lipinski definition) is 4. The Labute approximate surface area is 158 Å². The second kappa shape index (κ2) is 8.27. The monoisotopic (exact) mass is 368 g/mol. The first kappa shape index (κ1) is 18.3. The average molecular weight is 369 g/mol. The van der Waals surface area contributed by atoms with E-state index in [1.807, 2.05) is 31.2 Å². The zero-order chi connectivity index (χ0) is 18.5. The summed E-state index contributed by atoms with van der Waals surface area (Å²) in [6.45, 7) is 7.40. The minimum Gasteiger partial charge on any atom is -0.350 e. The zero-order valence-corrected chi connectivity index (χ0v) is 16.2. The number of amides is 1. The predicted molar refractivity (Wildman–Crippen MR) is 106 cm³/mol. The predicted octanol–water partition coefficient (Wildman–Crippen LogP) is 4.12. The van der Waals surface area contributed by atoms with Crippen LogP contribution in [0, 0.1) is 0 Å². The van der Waals surface area contributed by atoms with Crippen molar-refractivity contribution in [1.29, 1.82) is 0 Å². The van der Waals surface area contributed by atoms with Gasteiger partial charge in [-0.1, -0.05) is 44.2 Å². The summed E-state index contributed by atoms with van der Waals surface area (Å²) in [7, 11) is 0. The van der Waals surface area contributed by atoms with Gasteiger partial charge in [0.25, 0.3) is 5.91 Å². The molecule has 26 heavy (non-hydrogen) atoms. The minimum absolute atomic E-state index is 0.0777. The number of aromatic nitrogens is 3. The highest BCUT2D eigenvalue weighted by Crippen LogP contribution is 2.21. The molecule has 0 aliphatic heterocycles. The van der Waals surface area contributed by atoms with Crippen LogP contribution in [0.5, 0.6) is 0 Å². The zero-order valence-electron chi connectivity index (χ0n) is 15.4. The van der Waals surface area contributed by atoms with Gasteiger partial charge >= 0.3 is 0 Å². The van der Waals surface area contributed by atoms with Crippen molar-refractivity contribution < 1.29 is 4.79 Å². The third kappa shape index (κ3) is 4.19. The normalized spacial score (nSPS) is 11.1. The van der Waals surface area contributed by atoms with E-state index in [1.165, 1.54) is 0 Å². The van der Waals surface area contributed by atoms with Gasteiger partial charge in [-0.25, -0.2) is 4.98 Å². The molecule has 1 N–H and O–H groups in total. The summed E-state index contributed by atoms with van der Waals surface area (Å²) in [5, 5.41) is 10.6. The number of rotatable bonds is 7. The summed E-state index contributed by atoms with van der Waals surface area (Å²) in [4.78, 5) is 17.1. The number of thiazole rings is 1. The smallest absolute Gasteiger partial charge is 0.269 e. The van der Waals surface area contributed by atoms with Gasteiger partial charge in [0.05, 0.1) is 16.4 Å². The van der Waals surface area contributed by atoms with Gasteiger partial charge in [0.15, 0.2) is 0 Å². The van der Waals surface area contributed by atoms with Crippen LogP contribution in [-0.4, -0.2) is 27.2 Å². The molecule has 0 saturated carbocycles. The van der Waals surface area contributed by atoms with E-state index in [0.29, 0.717) is 24.7 Å². The van der Waals surface area contributed by atoms with Crippen molar-refractivity contribution in [1.82, 2.24) is 20.1 Å². The van der Waals surface area contributed by atoms with Crippen LogP contribution in [-0.2, 0) is 13.0 Å². The Hall–Kier alpha value is -2.47. The maximum Gasteiger partial charge on any atom is 0.269 e. The van der Waals surface area contributed by atoms with Gasteiger partial charge in [0.2, 0.25) is 0 Å². The first-order valence-corrected chi connectivity index (χ1v) is 9.82. The second-order valence-corrected chi connectivity index (χ2v) is 7.37. The largest absolute Gasteiger partial charge is 0.350 e. The summed E-state index contributed by atoms with van der Waals surface area (Å²) in [6.07, 6.45) is 0.723. The molecule has 0 saturated heterocycles. The van der Waals surface area contributed by atoms with Crippen LogP contribution >= 0.6 is 11.3 Å². The van der Waals surface area contributed by atoms with Crippen LogP contribution in [0.1, 0.15) is 47.9 Å². The van der Waals surface area contributed by atoms with Crippen LogP contribution < -0.4 is 5.32 Å². The van der Waals surface area contributed by atoms with E-state index in [-0.39, 0.29) is 5.91 Å². The third-order valence-electron chi connectivity index (χ3n) is 4.17. The molecule has 6 heteroatoms. The van der Waals surface area contributed by atoms with Crippen molar-refractivity contribution in [2.75, 3.05) is 6.54 Å². The minimum atomic E-state index is -0.0777. The van der Waals surface area contributed by atoms with Gasteiger partial charge in [0, 0.05) is 30.5 Å². The van der Waals surface area contributed by atoms with Gasteiger partial charge < -0.3 is 5.32 Å². The Balaban J connectivity index is 1.58. The van der Waals surface area contributed by atoms with Crippen molar-refractivity contribution in [2.24, 2.45) is 0 Å². The topological polar surface area (TPSA) is 59.8 Å². The highest BCUT2D eigenvalue weighted by Gasteiger charge is 2.16. The Morgan fingerprint density at radius 1 is 1.27 bits per heavy atom. The van der Waals surface area contributed by atoms with Crippen LogP contribution in [0.2, 0.25) is 0 Å². The fourth-order valence-electron chi connectivity index (χ4n) is 2.68. The first-order valence-electron chi connectivity index (χ1n) is 8.94. The highest BCUT2D eigenvalue weighted by atomic mass is 32.1. The summed E-state index contributed by atoms with van der Waals surface area (Å²) >= 11 is 1.63. The van der Waals surface area contributed by atoms with Crippen molar-refractivity contribution in [3.05, 3.63) is 58.2 Å². The number of nitrogens with zero attached hydrogens (tertiary/aromatic N) is 3. The Kier molecular flexibility index (Phi) is 5.83. The number of aryl methyl sites for hydroxylation is 1. The maximum absolute atomic E-state index is 12.5. The summed E-state index contributed by atoms with van der Waals surface area (Å²) in [6, 6.07) is 12.0. The van der Waals surface area contributed by atoms with Crippen molar-refractivity contribution in [2.45, 2.75) is 39.7 Å². The molecule has 0 atom stereocenters. The van der Waals surface area contributed by atoms with Gasteiger partial charge in [-0.3, -0.25) is 9.48 Å². The molecular formula is C20H24N4OS. The summed E-state index contributed by atoms with van der Waals surface area (Å²) < 4.78 is 1.77. The molecule has 3 rings (SSSR count). The molecular weight excluding hydrogens is 344 g/mol. The molecule has 1 aromatic carbocycles. The van der Waals surface area contributed by atoms with Gasteiger partial charge in [-0.15, -0.1) is 11.3 Å². The van der Waals surface area contributed by atoms with Gasteiger partial charge in [0.1, 0.15) is 5.69 Å². The Bertz CT molecular complexity index is 867. The van der Waals surface area contributed by atoms with Gasteiger partial charge in [-0.05, 0) is 18.9 Å². The van der Waals surface area contributed by atoms with Crippen LogP contribution in [0.4, 0.5) is 0 Å². The van der Waals surface area contributed by atoms with E-state index in [0.717, 1.165) is 28.4 Å². The molecule has 5 nitrogen and oxygen atoms in total. The number of benzene rings is 1. The lowest BCUT2D eigenvalue weighted by Gasteiger charge is -2.05. The van der Waals surface area contributed by atoms with Crippen molar-refractivity contribution in [3.63, 3.8) is 0 Å². The van der Waals surface area contributed by atoms with Gasteiger partial charge in [-0.2, -0.15) is 5.10 Å². The molecule has 1 amide bonds. The number of nitrogens with one attached hydrogen (secondary N) is 1. The van der Waals surface area contributed by atoms with E-state index in [2.05, 4.69) is 46.8 Å². The molecule has 0 aliphatic rings. The molecule has 2 heterocycles.